The summed E-state index contributed by atoms with van der Waals surface area (Å²) in [6, 6.07) is 0.569. The molecule has 1 aromatic rings. The summed E-state index contributed by atoms with van der Waals surface area (Å²) in [5.41, 5.74) is 3.37. The van der Waals surface area contributed by atoms with Crippen molar-refractivity contribution in [2.45, 2.75) is 12.7 Å². The van der Waals surface area contributed by atoms with E-state index in [0.717, 1.165) is 4.57 Å². The maximum atomic E-state index is 12.4. The van der Waals surface area contributed by atoms with Crippen molar-refractivity contribution < 1.29 is 13.2 Å². The van der Waals surface area contributed by atoms with Gasteiger partial charge in [0.25, 0.3) is 5.56 Å². The molecule has 0 aliphatic heterocycles. The van der Waals surface area contributed by atoms with E-state index in [1.807, 2.05) is 0 Å². The predicted molar refractivity (Wildman–Crippen MR) is 57.5 cm³/mol. The lowest BCUT2D eigenvalue weighted by Crippen LogP contribution is -2.28. The van der Waals surface area contributed by atoms with Gasteiger partial charge in [-0.3, -0.25) is 4.79 Å². The molecular formula is C8H6ClF3N2OS. The van der Waals surface area contributed by atoms with E-state index in [4.69, 9.17) is 17.3 Å². The molecule has 0 aromatic carbocycles. The lowest BCUT2D eigenvalue weighted by atomic mass is 10.2. The van der Waals surface area contributed by atoms with Crippen molar-refractivity contribution in [1.82, 2.24) is 4.57 Å². The van der Waals surface area contributed by atoms with E-state index in [1.54, 1.807) is 0 Å². The van der Waals surface area contributed by atoms with Gasteiger partial charge in [0.2, 0.25) is 0 Å². The first-order chi connectivity index (χ1) is 7.21. The Morgan fingerprint density at radius 2 is 2.12 bits per heavy atom. The summed E-state index contributed by atoms with van der Waals surface area (Å²) in [7, 11) is 0. The largest absolute Gasteiger partial charge is 0.417 e. The molecule has 16 heavy (non-hydrogen) atoms. The third-order valence-electron chi connectivity index (χ3n) is 1.70. The molecule has 8 heteroatoms. The fourth-order valence-corrected chi connectivity index (χ4v) is 1.40. The van der Waals surface area contributed by atoms with E-state index < -0.39 is 22.3 Å². The van der Waals surface area contributed by atoms with Crippen molar-refractivity contribution in [3.05, 3.63) is 33.2 Å². The lowest BCUT2D eigenvalue weighted by molar-refractivity contribution is -0.138. The second-order valence-electron chi connectivity index (χ2n) is 2.97. The van der Waals surface area contributed by atoms with Gasteiger partial charge in [0.15, 0.2) is 0 Å². The fourth-order valence-electron chi connectivity index (χ4n) is 1.04. The molecule has 0 aliphatic carbocycles. The lowest BCUT2D eigenvalue weighted by Gasteiger charge is -2.10. The van der Waals surface area contributed by atoms with E-state index >= 15 is 0 Å². The topological polar surface area (TPSA) is 48.0 Å². The number of pyridine rings is 1. The third-order valence-corrected chi connectivity index (χ3v) is 2.10. The van der Waals surface area contributed by atoms with Crippen LogP contribution in [-0.2, 0) is 12.7 Å². The van der Waals surface area contributed by atoms with Gasteiger partial charge in [0, 0.05) is 6.20 Å². The van der Waals surface area contributed by atoms with Crippen molar-refractivity contribution in [2.24, 2.45) is 5.73 Å². The van der Waals surface area contributed by atoms with Crippen LogP contribution >= 0.6 is 23.8 Å². The van der Waals surface area contributed by atoms with Crippen LogP contribution in [0.3, 0.4) is 0 Å². The summed E-state index contributed by atoms with van der Waals surface area (Å²) in [6.07, 6.45) is -3.94. The molecule has 88 valence electrons. The molecule has 0 bridgehead atoms. The minimum atomic E-state index is -4.57. The van der Waals surface area contributed by atoms with Gasteiger partial charge < -0.3 is 10.3 Å². The predicted octanol–water partition coefficient (Wildman–Crippen LogP) is 1.81. The van der Waals surface area contributed by atoms with Gasteiger partial charge in [0.1, 0.15) is 5.02 Å². The minimum Gasteiger partial charge on any atom is -0.392 e. The van der Waals surface area contributed by atoms with Gasteiger partial charge in [-0.1, -0.05) is 23.8 Å². The second kappa shape index (κ2) is 4.42. The van der Waals surface area contributed by atoms with Crippen molar-refractivity contribution in [2.75, 3.05) is 0 Å². The highest BCUT2D eigenvalue weighted by Gasteiger charge is 2.32. The molecular weight excluding hydrogens is 265 g/mol. The van der Waals surface area contributed by atoms with Crippen LogP contribution in [0.4, 0.5) is 13.2 Å². The summed E-state index contributed by atoms with van der Waals surface area (Å²) in [5.74, 6) is 0. The van der Waals surface area contributed by atoms with Crippen LogP contribution < -0.4 is 11.3 Å². The Morgan fingerprint density at radius 3 is 2.56 bits per heavy atom. The molecule has 0 fully saturated rings. The van der Waals surface area contributed by atoms with Gasteiger partial charge in [-0.15, -0.1) is 0 Å². The Bertz CT molecular complexity index is 483. The van der Waals surface area contributed by atoms with Gasteiger partial charge in [-0.25, -0.2) is 0 Å². The van der Waals surface area contributed by atoms with E-state index in [0.29, 0.717) is 12.3 Å². The molecule has 0 radical (unpaired) electrons. The standard InChI is InChI=1S/C8H6ClF3N2OS/c9-5-1-4(8(10,11)12)2-14(7(5)15)3-6(13)16/h1-2H,3H2,(H2,13,16). The molecule has 0 aliphatic rings. The van der Waals surface area contributed by atoms with Crippen LogP contribution in [0.25, 0.3) is 0 Å². The summed E-state index contributed by atoms with van der Waals surface area (Å²) in [6.45, 7) is -0.280. The van der Waals surface area contributed by atoms with E-state index in [2.05, 4.69) is 12.2 Å². The van der Waals surface area contributed by atoms with Crippen LogP contribution in [0.15, 0.2) is 17.1 Å². The number of rotatable bonds is 2. The van der Waals surface area contributed by atoms with Crippen LogP contribution in [-0.4, -0.2) is 9.56 Å². The molecule has 0 saturated heterocycles. The molecule has 3 nitrogen and oxygen atoms in total. The van der Waals surface area contributed by atoms with Crippen molar-refractivity contribution in [3.8, 4) is 0 Å². The van der Waals surface area contributed by atoms with Gasteiger partial charge >= 0.3 is 6.18 Å². The average molecular weight is 271 g/mol. The molecule has 0 spiro atoms. The van der Waals surface area contributed by atoms with Crippen LogP contribution in [0.2, 0.25) is 5.02 Å². The van der Waals surface area contributed by atoms with E-state index in [-0.39, 0.29) is 11.5 Å². The Hall–Kier alpha value is -1.08. The number of halogens is 4. The number of nitrogens with zero attached hydrogens (tertiary/aromatic N) is 1. The summed E-state index contributed by atoms with van der Waals surface area (Å²) in [4.78, 5) is 11.2. The third kappa shape index (κ3) is 2.96. The Balaban J connectivity index is 3.33. The molecule has 0 amide bonds. The number of nitrogens with two attached hydrogens (primary N) is 1. The van der Waals surface area contributed by atoms with Crippen molar-refractivity contribution in [3.63, 3.8) is 0 Å². The maximum absolute atomic E-state index is 12.4. The van der Waals surface area contributed by atoms with Gasteiger partial charge in [0.05, 0.1) is 17.1 Å². The molecule has 0 unspecified atom stereocenters. The highest BCUT2D eigenvalue weighted by molar-refractivity contribution is 7.80. The Morgan fingerprint density at radius 1 is 1.56 bits per heavy atom. The molecule has 0 atom stereocenters. The minimum absolute atomic E-state index is 0.0995. The SMILES string of the molecule is NC(=S)Cn1cc(C(F)(F)F)cc(Cl)c1=O. The molecule has 1 heterocycles. The first-order valence-corrected chi connectivity index (χ1v) is 4.76. The quantitative estimate of drug-likeness (QED) is 0.834. The molecule has 0 saturated carbocycles. The second-order valence-corrected chi connectivity index (χ2v) is 3.91. The first-order valence-electron chi connectivity index (χ1n) is 3.97. The molecule has 2 N–H and O–H groups in total. The van der Waals surface area contributed by atoms with Gasteiger partial charge in [-0.05, 0) is 6.07 Å². The zero-order valence-corrected chi connectivity index (χ0v) is 9.29. The van der Waals surface area contributed by atoms with Crippen LogP contribution in [0.5, 0.6) is 0 Å². The summed E-state index contributed by atoms with van der Waals surface area (Å²) in [5, 5.41) is -0.522. The van der Waals surface area contributed by atoms with Gasteiger partial charge in [-0.2, -0.15) is 13.2 Å². The van der Waals surface area contributed by atoms with Crippen LogP contribution in [0.1, 0.15) is 5.56 Å². The number of hydrogen-bond donors (Lipinski definition) is 1. The highest BCUT2D eigenvalue weighted by Crippen LogP contribution is 2.29. The number of aromatic nitrogens is 1. The smallest absolute Gasteiger partial charge is 0.392 e. The normalized spacial score (nSPS) is 11.5. The maximum Gasteiger partial charge on any atom is 0.417 e. The molecule has 1 rings (SSSR count). The monoisotopic (exact) mass is 270 g/mol. The molecule has 1 aromatic heterocycles. The average Bonchev–Trinajstić information content (AvgIpc) is 2.10. The zero-order chi connectivity index (χ0) is 12.5. The number of hydrogen-bond acceptors (Lipinski definition) is 2. The summed E-state index contributed by atoms with van der Waals surface area (Å²) < 4.78 is 37.9. The number of thiocarbonyl (C=S) groups is 1. The van der Waals surface area contributed by atoms with Crippen molar-refractivity contribution >= 4 is 28.8 Å². The van der Waals surface area contributed by atoms with E-state index in [9.17, 15) is 18.0 Å². The van der Waals surface area contributed by atoms with Crippen molar-refractivity contribution in [1.29, 1.82) is 0 Å². The Labute approximate surface area is 98.6 Å². The summed E-state index contributed by atoms with van der Waals surface area (Å²) >= 11 is 9.90. The Kier molecular flexibility index (Phi) is 3.59. The first kappa shape index (κ1) is 13.0. The highest BCUT2D eigenvalue weighted by atomic mass is 35.5. The van der Waals surface area contributed by atoms with E-state index in [1.165, 1.54) is 0 Å². The van der Waals surface area contributed by atoms with Crippen LogP contribution in [0, 0.1) is 0 Å². The fraction of sp³-hybridized carbons (Fsp3) is 0.250. The zero-order valence-electron chi connectivity index (χ0n) is 7.71. The number of alkyl halides is 3.